The molecule has 0 saturated carbocycles. The summed E-state index contributed by atoms with van der Waals surface area (Å²) in [4.78, 5) is 32.6. The number of carbonyl (C=O) groups is 2. The summed E-state index contributed by atoms with van der Waals surface area (Å²) in [5, 5.41) is 7.64. The summed E-state index contributed by atoms with van der Waals surface area (Å²) in [5.41, 5.74) is 8.14. The number of hydrogen-bond donors (Lipinski definition) is 3. The molecule has 2 heterocycles. The number of nitrogens with two attached hydrogens (primary N) is 1. The Morgan fingerprint density at radius 3 is 2.48 bits per heavy atom. The first-order chi connectivity index (χ1) is 22.1. The second-order valence-corrected chi connectivity index (χ2v) is 13.0. The van der Waals surface area contributed by atoms with Gasteiger partial charge in [0, 0.05) is 29.5 Å². The molecule has 13 heteroatoms. The zero-order valence-electron chi connectivity index (χ0n) is 26.1. The van der Waals surface area contributed by atoms with Gasteiger partial charge in [-0.15, -0.1) is 0 Å². The highest BCUT2D eigenvalue weighted by molar-refractivity contribution is 7.91. The molecule has 242 valence electrons. The Labute approximate surface area is 267 Å². The van der Waals surface area contributed by atoms with E-state index < -0.39 is 28.0 Å². The lowest BCUT2D eigenvalue weighted by Crippen LogP contribution is -2.38. The smallest absolute Gasteiger partial charge is 0.411 e. The topological polar surface area (TPSA) is 162 Å². The molecule has 0 aliphatic carbocycles. The molecule has 1 aliphatic heterocycles. The molecule has 46 heavy (non-hydrogen) atoms. The van der Waals surface area contributed by atoms with Crippen molar-refractivity contribution in [1.29, 1.82) is 0 Å². The third-order valence-corrected chi connectivity index (χ3v) is 9.95. The first-order valence-electron chi connectivity index (χ1n) is 14.7. The van der Waals surface area contributed by atoms with Crippen LogP contribution in [0.15, 0.2) is 71.8 Å². The lowest BCUT2D eigenvalue weighted by Gasteiger charge is -2.31. The van der Waals surface area contributed by atoms with Gasteiger partial charge in [-0.25, -0.2) is 18.2 Å². The molecule has 0 radical (unpaired) electrons. The summed E-state index contributed by atoms with van der Waals surface area (Å²) in [6.45, 7) is 1.97. The minimum absolute atomic E-state index is 0.117. The number of hydrogen-bond acceptors (Lipinski definition) is 10. The summed E-state index contributed by atoms with van der Waals surface area (Å²) in [5.74, 6) is 0.971. The van der Waals surface area contributed by atoms with Gasteiger partial charge in [-0.2, -0.15) is 0 Å². The normalized spacial score (nSPS) is 15.3. The molecular weight excluding hydrogens is 610 g/mol. The van der Waals surface area contributed by atoms with Gasteiger partial charge in [-0.05, 0) is 84.0 Å². The Bertz CT molecular complexity index is 1880. The van der Waals surface area contributed by atoms with Gasteiger partial charge in [0.15, 0.2) is 21.3 Å². The average Bonchev–Trinajstić information content (AvgIpc) is 3.56. The highest BCUT2D eigenvalue weighted by atomic mass is 32.2. The number of methoxy groups -OCH3 is 3. The van der Waals surface area contributed by atoms with E-state index in [0.29, 0.717) is 59.2 Å². The number of anilines is 3. The minimum Gasteiger partial charge on any atom is -0.493 e. The van der Waals surface area contributed by atoms with E-state index in [1.165, 1.54) is 33.5 Å². The van der Waals surface area contributed by atoms with Crippen molar-refractivity contribution in [2.24, 2.45) is 0 Å². The molecule has 0 spiro atoms. The molecule has 4 N–H and O–H groups in total. The quantitative estimate of drug-likeness (QED) is 0.205. The summed E-state index contributed by atoms with van der Waals surface area (Å²) >= 11 is 0. The van der Waals surface area contributed by atoms with Crippen LogP contribution in [-0.2, 0) is 19.4 Å². The number of rotatable bonds is 10. The molecule has 5 rings (SSSR count). The maximum atomic E-state index is 14.7. The van der Waals surface area contributed by atoms with Crippen molar-refractivity contribution in [3.05, 3.63) is 78.0 Å². The fourth-order valence-corrected chi connectivity index (χ4v) is 6.93. The van der Waals surface area contributed by atoms with E-state index in [-0.39, 0.29) is 16.6 Å². The highest BCUT2D eigenvalue weighted by Crippen LogP contribution is 2.40. The molecular formula is C33H37N5O7S. The number of pyridine rings is 1. The molecule has 0 bridgehead atoms. The molecule has 2 atom stereocenters. The van der Waals surface area contributed by atoms with Gasteiger partial charge in [0.2, 0.25) is 5.91 Å². The molecule has 3 aromatic carbocycles. The molecule has 4 aromatic rings. The SMILES string of the molecule is CCS(=O)(=O)c1ccc(NC(=O)OC)cc1[C@H]1CCCN1C(=O)[C@H](Nc1ccc2c(N)nccc2c1)c1ccc(OC)c(OC)c1. The van der Waals surface area contributed by atoms with Gasteiger partial charge in [-0.3, -0.25) is 10.1 Å². The molecule has 12 nitrogen and oxygen atoms in total. The van der Waals surface area contributed by atoms with Crippen LogP contribution in [-0.4, -0.2) is 63.9 Å². The van der Waals surface area contributed by atoms with Crippen LogP contribution >= 0.6 is 0 Å². The fraction of sp³-hybridized carbons (Fsp3) is 0.303. The number of amides is 2. The van der Waals surface area contributed by atoms with Crippen LogP contribution in [0.3, 0.4) is 0 Å². The van der Waals surface area contributed by atoms with E-state index in [4.69, 9.17) is 19.9 Å². The Morgan fingerprint density at radius 1 is 1.00 bits per heavy atom. The first kappa shape index (κ1) is 32.4. The van der Waals surface area contributed by atoms with E-state index in [1.54, 1.807) is 42.3 Å². The number of nitrogens with one attached hydrogen (secondary N) is 2. The first-order valence-corrected chi connectivity index (χ1v) is 16.4. The van der Waals surface area contributed by atoms with Crippen molar-refractivity contribution in [3.8, 4) is 11.5 Å². The fourth-order valence-electron chi connectivity index (χ4n) is 5.79. The number of nitrogen functional groups attached to an aromatic ring is 1. The van der Waals surface area contributed by atoms with Crippen molar-refractivity contribution in [3.63, 3.8) is 0 Å². The Balaban J connectivity index is 1.59. The number of sulfone groups is 1. The van der Waals surface area contributed by atoms with Crippen molar-refractivity contribution >= 4 is 49.8 Å². The van der Waals surface area contributed by atoms with E-state index in [9.17, 15) is 18.0 Å². The minimum atomic E-state index is -3.67. The van der Waals surface area contributed by atoms with E-state index >= 15 is 0 Å². The molecule has 2 amide bonds. The lowest BCUT2D eigenvalue weighted by atomic mass is 10.00. The van der Waals surface area contributed by atoms with Gasteiger partial charge in [-0.1, -0.05) is 13.0 Å². The van der Waals surface area contributed by atoms with Crippen LogP contribution in [0.1, 0.15) is 43.0 Å². The number of aromatic nitrogens is 1. The predicted molar refractivity (Wildman–Crippen MR) is 176 cm³/mol. The lowest BCUT2D eigenvalue weighted by molar-refractivity contribution is -0.133. The van der Waals surface area contributed by atoms with Crippen molar-refractivity contribution < 1.29 is 32.2 Å². The van der Waals surface area contributed by atoms with Gasteiger partial charge >= 0.3 is 6.09 Å². The summed E-state index contributed by atoms with van der Waals surface area (Å²) < 4.78 is 42.2. The number of ether oxygens (including phenoxy) is 3. The van der Waals surface area contributed by atoms with Crippen LogP contribution in [0.5, 0.6) is 11.5 Å². The number of carbonyl (C=O) groups excluding carboxylic acids is 2. The summed E-state index contributed by atoms with van der Waals surface area (Å²) in [6, 6.07) is 15.8. The second kappa shape index (κ2) is 13.5. The third kappa shape index (κ3) is 6.50. The number of benzene rings is 3. The molecule has 1 aliphatic rings. The van der Waals surface area contributed by atoms with Gasteiger partial charge in [0.1, 0.15) is 11.9 Å². The summed E-state index contributed by atoms with van der Waals surface area (Å²) in [6.07, 6.45) is 2.11. The Morgan fingerprint density at radius 2 is 1.76 bits per heavy atom. The van der Waals surface area contributed by atoms with Crippen molar-refractivity contribution in [2.45, 2.75) is 36.7 Å². The summed E-state index contributed by atoms with van der Waals surface area (Å²) in [7, 11) is 0.630. The van der Waals surface area contributed by atoms with Crippen LogP contribution in [0.25, 0.3) is 10.8 Å². The molecule has 1 saturated heterocycles. The standard InChI is InChI=1S/C33H37N5O7S/c1-5-46(41,42)29-13-10-23(37-33(40)45-4)19-25(29)26-7-6-16-38(26)32(39)30(21-8-12-27(43-2)28(18-21)44-3)36-22-9-11-24-20(17-22)14-15-35-31(24)34/h8-15,17-19,26,30,36H,5-7,16H2,1-4H3,(H2,34,35)(H,37,40)/t26-,30-/m1/s1. The van der Waals surface area contributed by atoms with E-state index in [2.05, 4.69) is 15.6 Å². The van der Waals surface area contributed by atoms with E-state index in [0.717, 1.165) is 10.8 Å². The average molecular weight is 648 g/mol. The zero-order valence-corrected chi connectivity index (χ0v) is 26.9. The Kier molecular flexibility index (Phi) is 9.52. The largest absolute Gasteiger partial charge is 0.493 e. The van der Waals surface area contributed by atoms with Crippen LogP contribution in [0.4, 0.5) is 22.0 Å². The maximum absolute atomic E-state index is 14.7. The number of nitrogens with zero attached hydrogens (tertiary/aromatic N) is 2. The molecule has 1 fully saturated rings. The van der Waals surface area contributed by atoms with Gasteiger partial charge in [0.05, 0.1) is 38.0 Å². The monoisotopic (exact) mass is 647 g/mol. The van der Waals surface area contributed by atoms with Gasteiger partial charge < -0.3 is 30.2 Å². The van der Waals surface area contributed by atoms with E-state index in [1.807, 2.05) is 24.3 Å². The maximum Gasteiger partial charge on any atom is 0.411 e. The second-order valence-electron chi connectivity index (χ2n) is 10.8. The van der Waals surface area contributed by atoms with Crippen LogP contribution < -0.4 is 25.8 Å². The van der Waals surface area contributed by atoms with Gasteiger partial charge in [0.25, 0.3) is 0 Å². The number of likely N-dealkylation sites (tertiary alicyclic amines) is 1. The van der Waals surface area contributed by atoms with Crippen LogP contribution in [0, 0.1) is 0 Å². The third-order valence-electron chi connectivity index (χ3n) is 8.15. The Hall–Kier alpha value is -5.04. The highest BCUT2D eigenvalue weighted by Gasteiger charge is 2.37. The zero-order chi connectivity index (χ0) is 33.0. The van der Waals surface area contributed by atoms with Crippen LogP contribution in [0.2, 0.25) is 0 Å². The molecule has 1 aromatic heterocycles. The van der Waals surface area contributed by atoms with Crippen molar-refractivity contribution in [1.82, 2.24) is 9.88 Å². The molecule has 0 unspecified atom stereocenters. The predicted octanol–water partition coefficient (Wildman–Crippen LogP) is 5.32. The number of fused-ring (bicyclic) bond motifs is 1. The van der Waals surface area contributed by atoms with Crippen molar-refractivity contribution in [2.75, 3.05) is 50.0 Å².